The molecule has 10 heteroatoms. The van der Waals surface area contributed by atoms with Crippen LogP contribution in [0.4, 0.5) is 10.2 Å². The van der Waals surface area contributed by atoms with E-state index < -0.39 is 6.61 Å². The fraction of sp³-hybridized carbons (Fsp3) is 0.280. The van der Waals surface area contributed by atoms with Crippen LogP contribution in [0.25, 0.3) is 38.7 Å². The molecule has 0 spiro atoms. The van der Waals surface area contributed by atoms with Gasteiger partial charge in [-0.2, -0.15) is 9.61 Å². The van der Waals surface area contributed by atoms with Crippen molar-refractivity contribution in [2.75, 3.05) is 25.4 Å². The Morgan fingerprint density at radius 3 is 2.77 bits per heavy atom. The summed E-state index contributed by atoms with van der Waals surface area (Å²) in [6, 6.07) is 6.53. The number of carbonyl (C=O) groups is 1. The smallest absolute Gasteiger partial charge is 0.248 e. The summed E-state index contributed by atoms with van der Waals surface area (Å²) in [7, 11) is 0. The van der Waals surface area contributed by atoms with Gasteiger partial charge in [-0.15, -0.1) is 0 Å². The first-order valence-corrected chi connectivity index (χ1v) is 11.5. The second kappa shape index (κ2) is 8.02. The molecule has 0 unspecified atom stereocenters. The second-order valence-electron chi connectivity index (χ2n) is 9.04. The third-order valence-electron chi connectivity index (χ3n) is 6.94. The summed E-state index contributed by atoms with van der Waals surface area (Å²) in [5.74, 6) is -0.0607. The van der Waals surface area contributed by atoms with Gasteiger partial charge in [0.1, 0.15) is 23.9 Å². The van der Waals surface area contributed by atoms with Gasteiger partial charge < -0.3 is 20.3 Å². The predicted octanol–water partition coefficient (Wildman–Crippen LogP) is 3.08. The molecule has 1 saturated heterocycles. The van der Waals surface area contributed by atoms with E-state index in [0.29, 0.717) is 35.5 Å². The molecule has 5 heterocycles. The summed E-state index contributed by atoms with van der Waals surface area (Å²) < 4.78 is 17.6. The number of nitrogens with zero attached hydrogens (tertiary/aromatic N) is 6. The van der Waals surface area contributed by atoms with Crippen LogP contribution in [0.2, 0.25) is 0 Å². The zero-order chi connectivity index (χ0) is 24.3. The van der Waals surface area contributed by atoms with E-state index in [9.17, 15) is 9.18 Å². The average Bonchev–Trinajstić information content (AvgIpc) is 3.45. The van der Waals surface area contributed by atoms with Crippen LogP contribution in [-0.4, -0.2) is 59.8 Å². The van der Waals surface area contributed by atoms with Crippen molar-refractivity contribution in [2.24, 2.45) is 0 Å². The molecule has 178 valence electrons. The largest absolute Gasteiger partial charge is 0.387 e. The highest BCUT2D eigenvalue weighted by atomic mass is 19.1. The third kappa shape index (κ3) is 3.40. The monoisotopic (exact) mass is 473 g/mol. The zero-order valence-electron chi connectivity index (χ0n) is 19.1. The molecular formula is C25H24FN7O2. The van der Waals surface area contributed by atoms with Crippen molar-refractivity contribution >= 4 is 39.3 Å². The van der Waals surface area contributed by atoms with Crippen LogP contribution in [0.3, 0.4) is 0 Å². The van der Waals surface area contributed by atoms with Gasteiger partial charge in [-0.25, -0.2) is 9.37 Å². The second-order valence-corrected chi connectivity index (χ2v) is 9.04. The number of likely N-dealkylation sites (tertiary alicyclic amines) is 1. The predicted molar refractivity (Wildman–Crippen MR) is 130 cm³/mol. The lowest BCUT2D eigenvalue weighted by Gasteiger charge is -2.32. The number of pyridine rings is 1. The van der Waals surface area contributed by atoms with Crippen molar-refractivity contribution in [3.8, 4) is 11.1 Å². The van der Waals surface area contributed by atoms with E-state index in [1.165, 1.54) is 12.1 Å². The van der Waals surface area contributed by atoms with Crippen molar-refractivity contribution < 1.29 is 14.3 Å². The summed E-state index contributed by atoms with van der Waals surface area (Å²) in [6.07, 6.45) is 7.01. The van der Waals surface area contributed by atoms with E-state index >= 15 is 0 Å². The minimum absolute atomic E-state index is 0.153. The molecule has 3 N–H and O–H groups in total. The molecule has 1 aliphatic heterocycles. The fourth-order valence-corrected chi connectivity index (χ4v) is 5.13. The Kier molecular flexibility index (Phi) is 4.92. The summed E-state index contributed by atoms with van der Waals surface area (Å²) >= 11 is 0. The minimum Gasteiger partial charge on any atom is -0.387 e. The number of fused-ring (bicyclic) bond motifs is 3. The van der Waals surface area contributed by atoms with Crippen LogP contribution < -0.4 is 5.73 Å². The first kappa shape index (κ1) is 21.5. The number of hydrogen-bond acceptors (Lipinski definition) is 6. The number of benzene rings is 1. The Morgan fingerprint density at radius 1 is 1.20 bits per heavy atom. The Bertz CT molecular complexity index is 1620. The van der Waals surface area contributed by atoms with E-state index in [0.717, 1.165) is 40.6 Å². The number of aliphatic hydroxyl groups is 1. The van der Waals surface area contributed by atoms with Crippen LogP contribution in [0.15, 0.2) is 42.9 Å². The number of rotatable bonds is 3. The van der Waals surface area contributed by atoms with Crippen molar-refractivity contribution in [1.29, 1.82) is 0 Å². The molecule has 6 rings (SSSR count). The molecule has 0 bridgehead atoms. The highest BCUT2D eigenvalue weighted by molar-refractivity contribution is 5.95. The maximum absolute atomic E-state index is 13.8. The van der Waals surface area contributed by atoms with Gasteiger partial charge in [0.2, 0.25) is 5.91 Å². The molecule has 1 aliphatic rings. The number of aromatic nitrogens is 5. The Balaban J connectivity index is 1.46. The van der Waals surface area contributed by atoms with E-state index in [2.05, 4.69) is 20.8 Å². The molecule has 9 nitrogen and oxygen atoms in total. The standard InChI is InChI=1S/C25H24FN7O2/c1-14-12-32(18-4-6-31(7-5-18)21(35)13-34)25-22(14)23(27)33-24(30-25)19(11-29-33)16-8-15-9-17(26)2-3-20(15)28-10-16/h2-3,8-12,18,34H,4-7,13,27H2,1H3. The minimum atomic E-state index is -0.466. The topological polar surface area (TPSA) is 115 Å². The lowest BCUT2D eigenvalue weighted by Crippen LogP contribution is -2.40. The van der Waals surface area contributed by atoms with Crippen LogP contribution in [0.5, 0.6) is 0 Å². The quantitative estimate of drug-likeness (QED) is 0.416. The van der Waals surface area contributed by atoms with Crippen molar-refractivity contribution in [2.45, 2.75) is 25.8 Å². The van der Waals surface area contributed by atoms with Gasteiger partial charge >= 0.3 is 0 Å². The number of aliphatic hydroxyl groups excluding tert-OH is 1. The Hall–Kier alpha value is -4.05. The molecular weight excluding hydrogens is 449 g/mol. The van der Waals surface area contributed by atoms with Gasteiger partial charge in [-0.3, -0.25) is 9.78 Å². The summed E-state index contributed by atoms with van der Waals surface area (Å²) in [6.45, 7) is 2.70. The van der Waals surface area contributed by atoms with E-state index in [1.54, 1.807) is 27.9 Å². The van der Waals surface area contributed by atoms with Gasteiger partial charge in [-0.05, 0) is 49.6 Å². The van der Waals surface area contributed by atoms with Crippen LogP contribution in [0.1, 0.15) is 24.4 Å². The first-order valence-electron chi connectivity index (χ1n) is 11.5. The summed E-state index contributed by atoms with van der Waals surface area (Å²) in [5, 5.41) is 15.2. The zero-order valence-corrected chi connectivity index (χ0v) is 19.1. The lowest BCUT2D eigenvalue weighted by atomic mass is 10.0. The molecule has 1 amide bonds. The van der Waals surface area contributed by atoms with Gasteiger partial charge in [0.05, 0.1) is 17.1 Å². The number of carbonyl (C=O) groups excluding carboxylic acids is 1. The van der Waals surface area contributed by atoms with E-state index in [1.807, 2.05) is 13.0 Å². The number of halogens is 1. The SMILES string of the molecule is Cc1cn(C2CCN(C(=O)CO)CC2)c2nc3c(-c4cnc5ccc(F)cc5c4)cnn3c(N)c12. The highest BCUT2D eigenvalue weighted by Gasteiger charge is 2.26. The number of nitrogens with two attached hydrogens (primary N) is 1. The first-order chi connectivity index (χ1) is 16.9. The lowest BCUT2D eigenvalue weighted by molar-refractivity contribution is -0.135. The maximum Gasteiger partial charge on any atom is 0.248 e. The number of hydrogen-bond donors (Lipinski definition) is 2. The average molecular weight is 474 g/mol. The molecule has 4 aromatic heterocycles. The summed E-state index contributed by atoms with van der Waals surface area (Å²) in [5.41, 5.74) is 11.2. The molecule has 0 radical (unpaired) electrons. The van der Waals surface area contributed by atoms with Crippen molar-refractivity contribution in [3.63, 3.8) is 0 Å². The summed E-state index contributed by atoms with van der Waals surface area (Å²) in [4.78, 5) is 23.0. The maximum atomic E-state index is 13.8. The van der Waals surface area contributed by atoms with Gasteiger partial charge in [0.25, 0.3) is 0 Å². The number of aryl methyl sites for hydroxylation is 1. The van der Waals surface area contributed by atoms with Gasteiger partial charge in [0.15, 0.2) is 5.65 Å². The number of anilines is 1. The number of amides is 1. The Morgan fingerprint density at radius 2 is 2.00 bits per heavy atom. The van der Waals surface area contributed by atoms with Gasteiger partial charge in [-0.1, -0.05) is 0 Å². The molecule has 1 aromatic carbocycles. The molecule has 0 aliphatic carbocycles. The van der Waals surface area contributed by atoms with Crippen LogP contribution >= 0.6 is 0 Å². The number of nitrogen functional groups attached to an aromatic ring is 1. The van der Waals surface area contributed by atoms with Gasteiger partial charge in [0, 0.05) is 48.0 Å². The van der Waals surface area contributed by atoms with Crippen molar-refractivity contribution in [3.05, 3.63) is 54.2 Å². The molecule has 0 atom stereocenters. The number of piperidine rings is 1. The molecule has 0 saturated carbocycles. The molecule has 1 fully saturated rings. The van der Waals surface area contributed by atoms with Crippen LogP contribution in [0, 0.1) is 12.7 Å². The Labute approximate surface area is 199 Å². The molecule has 5 aromatic rings. The fourth-order valence-electron chi connectivity index (χ4n) is 5.13. The van der Waals surface area contributed by atoms with Crippen molar-refractivity contribution in [1.82, 2.24) is 29.0 Å². The van der Waals surface area contributed by atoms with Crippen LogP contribution in [-0.2, 0) is 4.79 Å². The highest BCUT2D eigenvalue weighted by Crippen LogP contribution is 2.35. The third-order valence-corrected chi connectivity index (χ3v) is 6.94. The van der Waals surface area contributed by atoms with E-state index in [-0.39, 0.29) is 17.8 Å². The van der Waals surface area contributed by atoms with E-state index in [4.69, 9.17) is 15.8 Å². The normalized spacial score (nSPS) is 15.0. The molecule has 35 heavy (non-hydrogen) atoms.